The van der Waals surface area contributed by atoms with Crippen LogP contribution in [0.1, 0.15) is 6.23 Å². The number of ether oxygens (including phenoxy) is 2. The van der Waals surface area contributed by atoms with Crippen LogP contribution in [-0.4, -0.2) is 70.6 Å². The Hall–Kier alpha value is -0.990. The fourth-order valence-electron chi connectivity index (χ4n) is 2.82. The van der Waals surface area contributed by atoms with Crippen LogP contribution in [0.15, 0.2) is 17.1 Å². The van der Waals surface area contributed by atoms with E-state index in [4.69, 9.17) is 14.0 Å². The minimum Gasteiger partial charge on any atom is -0.387 e. The predicted molar refractivity (Wildman–Crippen MR) is 100 cm³/mol. The number of aliphatic hydroxyl groups is 1. The maximum Gasteiger partial charge on any atom is 0.492 e. The van der Waals surface area contributed by atoms with E-state index >= 15 is 0 Å². The van der Waals surface area contributed by atoms with Crippen LogP contribution in [0.4, 0.5) is 5.82 Å². The highest BCUT2D eigenvalue weighted by atomic mass is 31.3. The van der Waals surface area contributed by atoms with Crippen molar-refractivity contribution < 1.29 is 55.5 Å². The van der Waals surface area contributed by atoms with Crippen molar-refractivity contribution in [1.82, 2.24) is 9.55 Å². The molecule has 2 aliphatic heterocycles. The summed E-state index contributed by atoms with van der Waals surface area (Å²) in [7, 11) is -10.9. The Morgan fingerprint density at radius 3 is 2.32 bits per heavy atom. The summed E-state index contributed by atoms with van der Waals surface area (Å²) in [6, 6.07) is 1.52. The molecule has 1 aromatic heterocycles. The molecule has 2 fully saturated rings. The Labute approximate surface area is 175 Å². The van der Waals surface area contributed by atoms with Crippen LogP contribution >= 0.6 is 23.5 Å². The molecule has 19 heteroatoms. The second kappa shape index (κ2) is 8.75. The van der Waals surface area contributed by atoms with E-state index in [1.807, 2.05) is 0 Å². The Bertz CT molecular complexity index is 1000. The Morgan fingerprint density at radius 1 is 1.19 bits per heavy atom. The van der Waals surface area contributed by atoms with E-state index in [9.17, 15) is 33.4 Å². The van der Waals surface area contributed by atoms with E-state index < -0.39 is 60.3 Å². The number of aliphatic hydroxyl groups excluding tert-OH is 1. The number of aromatic nitrogens is 2. The third-order valence-electron chi connectivity index (χ3n) is 4.14. The molecular formula is C12H20N3O13P3. The van der Waals surface area contributed by atoms with E-state index in [-0.39, 0.29) is 0 Å². The first-order chi connectivity index (χ1) is 14.3. The second-order valence-corrected chi connectivity index (χ2v) is 11.5. The first-order valence-electron chi connectivity index (χ1n) is 8.43. The summed E-state index contributed by atoms with van der Waals surface area (Å²) >= 11 is 0. The van der Waals surface area contributed by atoms with Crippen molar-refractivity contribution in [2.75, 3.05) is 32.7 Å². The largest absolute Gasteiger partial charge is 0.492 e. The maximum atomic E-state index is 12.4. The SMILES string of the molecule is COC1[C@@H](O)[C@@H](COP2(=O)OP(=O)(O)OP(=O)(O)O2)O[C@H]1n1ccc(N(C)C)nc1=O. The highest BCUT2D eigenvalue weighted by Crippen LogP contribution is 2.80. The normalized spacial score (nSPS) is 40.7. The number of phosphoric acid groups is 3. The van der Waals surface area contributed by atoms with E-state index in [0.717, 1.165) is 4.57 Å². The lowest BCUT2D eigenvalue weighted by Gasteiger charge is -2.27. The standard InChI is InChI=1S/C12H20N3O13P3/c1-14(2)8-4-5-15(12(17)13-8)11-10(23-3)9(16)7(25-11)6-24-31(22)27-29(18,19)26-30(20,21)28-31/h4-5,7,9-11,16H,6H2,1-3H3,(H,18,19)(H,20,21)/t7-,9+,10?,11-/m1/s1. The Morgan fingerprint density at radius 2 is 1.81 bits per heavy atom. The highest BCUT2D eigenvalue weighted by Gasteiger charge is 2.55. The summed E-state index contributed by atoms with van der Waals surface area (Å²) in [5, 5.41) is 10.5. The van der Waals surface area contributed by atoms with Gasteiger partial charge in [-0.05, 0) is 6.07 Å². The molecule has 1 aromatic rings. The molecule has 2 saturated heterocycles. The number of nitrogens with zero attached hydrogens (tertiary/aromatic N) is 3. The molecule has 0 radical (unpaired) electrons. The van der Waals surface area contributed by atoms with Crippen LogP contribution in [0.3, 0.4) is 0 Å². The third kappa shape index (κ3) is 5.50. The lowest BCUT2D eigenvalue weighted by atomic mass is 10.1. The molecule has 6 atom stereocenters. The van der Waals surface area contributed by atoms with Gasteiger partial charge >= 0.3 is 29.2 Å². The molecule has 3 rings (SSSR count). The quantitative estimate of drug-likeness (QED) is 0.432. The molecule has 0 aromatic carbocycles. The summed E-state index contributed by atoms with van der Waals surface area (Å²) in [6.45, 7) is -0.799. The van der Waals surface area contributed by atoms with Crippen molar-refractivity contribution in [2.24, 2.45) is 0 Å². The van der Waals surface area contributed by atoms with Crippen LogP contribution in [0.5, 0.6) is 0 Å². The topological polar surface area (TPSA) is 205 Å². The van der Waals surface area contributed by atoms with Gasteiger partial charge in [-0.25, -0.2) is 18.5 Å². The predicted octanol–water partition coefficient (Wildman–Crippen LogP) is -0.0285. The van der Waals surface area contributed by atoms with Gasteiger partial charge in [0.1, 0.15) is 24.1 Å². The molecule has 31 heavy (non-hydrogen) atoms. The van der Waals surface area contributed by atoms with Gasteiger partial charge in [0.05, 0.1) is 6.61 Å². The molecule has 0 amide bonds. The fraction of sp³-hybridized carbons (Fsp3) is 0.667. The summed E-state index contributed by atoms with van der Waals surface area (Å²) in [4.78, 5) is 36.3. The number of anilines is 1. The molecule has 3 heterocycles. The summed E-state index contributed by atoms with van der Waals surface area (Å²) in [5.74, 6) is 0.377. The van der Waals surface area contributed by atoms with Crippen molar-refractivity contribution >= 4 is 29.3 Å². The van der Waals surface area contributed by atoms with Crippen LogP contribution in [0.25, 0.3) is 0 Å². The lowest BCUT2D eigenvalue weighted by Crippen LogP contribution is -2.37. The van der Waals surface area contributed by atoms with Crippen molar-refractivity contribution in [3.05, 3.63) is 22.7 Å². The van der Waals surface area contributed by atoms with Crippen molar-refractivity contribution in [3.63, 3.8) is 0 Å². The van der Waals surface area contributed by atoms with E-state index in [1.54, 1.807) is 19.0 Å². The number of methoxy groups -OCH3 is 1. The zero-order chi connectivity index (χ0) is 23.2. The van der Waals surface area contributed by atoms with Gasteiger partial charge in [-0.15, -0.1) is 0 Å². The van der Waals surface area contributed by atoms with Crippen molar-refractivity contribution in [2.45, 2.75) is 24.5 Å². The van der Waals surface area contributed by atoms with Crippen molar-refractivity contribution in [3.8, 4) is 0 Å². The molecule has 3 N–H and O–H groups in total. The smallest absolute Gasteiger partial charge is 0.387 e. The van der Waals surface area contributed by atoms with Gasteiger partial charge < -0.3 is 29.3 Å². The van der Waals surface area contributed by atoms with Crippen molar-refractivity contribution in [1.29, 1.82) is 0 Å². The van der Waals surface area contributed by atoms with E-state index in [1.165, 1.54) is 19.4 Å². The minimum atomic E-state index is -5.22. The molecule has 3 unspecified atom stereocenters. The monoisotopic (exact) mass is 507 g/mol. The summed E-state index contributed by atoms with van der Waals surface area (Å²) in [6.07, 6.45) is -3.65. The first-order valence-corrected chi connectivity index (χ1v) is 12.9. The Balaban J connectivity index is 1.77. The van der Waals surface area contributed by atoms with Gasteiger partial charge in [0.15, 0.2) is 6.23 Å². The van der Waals surface area contributed by atoms with Crippen LogP contribution in [0, 0.1) is 0 Å². The van der Waals surface area contributed by atoms with Gasteiger partial charge in [-0.1, -0.05) is 0 Å². The average Bonchev–Trinajstić information content (AvgIpc) is 2.92. The molecule has 0 spiro atoms. The molecule has 0 bridgehead atoms. The van der Waals surface area contributed by atoms with Crippen LogP contribution < -0.4 is 10.6 Å². The van der Waals surface area contributed by atoms with Gasteiger partial charge in [0.25, 0.3) is 0 Å². The average molecular weight is 507 g/mol. The lowest BCUT2D eigenvalue weighted by molar-refractivity contribution is -0.0621. The molecule has 176 valence electrons. The van der Waals surface area contributed by atoms with E-state index in [0.29, 0.717) is 5.82 Å². The molecule has 0 saturated carbocycles. The molecule has 0 aliphatic carbocycles. The van der Waals surface area contributed by atoms with Gasteiger partial charge in [-0.3, -0.25) is 9.09 Å². The van der Waals surface area contributed by atoms with E-state index in [2.05, 4.69) is 17.9 Å². The minimum absolute atomic E-state index is 0.377. The summed E-state index contributed by atoms with van der Waals surface area (Å²) in [5.41, 5.74) is -0.710. The zero-order valence-electron chi connectivity index (χ0n) is 16.3. The Kier molecular flexibility index (Phi) is 6.95. The molecule has 16 nitrogen and oxygen atoms in total. The summed E-state index contributed by atoms with van der Waals surface area (Å²) < 4.78 is 63.9. The molecule has 2 aliphatic rings. The molecular weight excluding hydrogens is 487 g/mol. The first kappa shape index (κ1) is 24.6. The van der Waals surface area contributed by atoms with Gasteiger partial charge in [0.2, 0.25) is 0 Å². The zero-order valence-corrected chi connectivity index (χ0v) is 19.0. The number of rotatable bonds is 6. The maximum absolute atomic E-state index is 12.4. The van der Waals surface area contributed by atoms with Crippen LogP contribution in [0.2, 0.25) is 0 Å². The number of hydrogen-bond donors (Lipinski definition) is 3. The second-order valence-electron chi connectivity index (χ2n) is 6.55. The highest BCUT2D eigenvalue weighted by molar-refractivity contribution is 7.74. The van der Waals surface area contributed by atoms with Gasteiger partial charge in [0, 0.05) is 27.4 Å². The van der Waals surface area contributed by atoms with Crippen LogP contribution in [-0.2, 0) is 40.6 Å². The third-order valence-corrected chi connectivity index (χ3v) is 9.51. The van der Waals surface area contributed by atoms with Gasteiger partial charge in [-0.2, -0.15) is 17.9 Å². The fourth-order valence-corrected chi connectivity index (χ4v) is 7.76. The number of hydrogen-bond acceptors (Lipinski definition) is 13.